The number of carbonyl (C=O) groups is 1. The summed E-state index contributed by atoms with van der Waals surface area (Å²) in [6.07, 6.45) is 1.65. The van der Waals surface area contributed by atoms with Crippen LogP contribution in [0.15, 0.2) is 54.7 Å². The summed E-state index contributed by atoms with van der Waals surface area (Å²) >= 11 is 6.22. The second-order valence-electron chi connectivity index (χ2n) is 6.45. The zero-order chi connectivity index (χ0) is 18.6. The highest BCUT2D eigenvalue weighted by atomic mass is 35.5. The molecule has 1 aliphatic rings. The van der Waals surface area contributed by atoms with E-state index in [0.29, 0.717) is 43.4 Å². The smallest absolute Gasteiger partial charge is 0.257 e. The number of pyridine rings is 1. The van der Waals surface area contributed by atoms with Crippen LogP contribution in [0, 0.1) is 0 Å². The molecule has 5 nitrogen and oxygen atoms in total. The quantitative estimate of drug-likeness (QED) is 0.742. The topological polar surface area (TPSA) is 54.5 Å². The average molecular weight is 382 g/mol. The van der Waals surface area contributed by atoms with Crippen molar-refractivity contribution in [2.24, 2.45) is 0 Å². The van der Waals surface area contributed by atoms with E-state index in [2.05, 4.69) is 10.3 Å². The number of halogens is 1. The Morgan fingerprint density at radius 1 is 1.15 bits per heavy atom. The molecule has 0 unspecified atom stereocenters. The normalized spacial score (nSPS) is 14.3. The van der Waals surface area contributed by atoms with E-state index < -0.39 is 0 Å². The Labute approximate surface area is 162 Å². The van der Waals surface area contributed by atoms with E-state index in [-0.39, 0.29) is 5.91 Å². The Kier molecular flexibility index (Phi) is 5.23. The number of rotatable bonds is 4. The molecule has 1 N–H and O–H groups in total. The van der Waals surface area contributed by atoms with Crippen LogP contribution >= 0.6 is 11.6 Å². The number of ether oxygens (including phenoxy) is 1. The Hall–Kier alpha value is -2.63. The maximum Gasteiger partial charge on any atom is 0.257 e. The molecule has 1 aromatic heterocycles. The fourth-order valence-corrected chi connectivity index (χ4v) is 3.41. The standard InChI is InChI=1S/C21H20ClN3O2/c22-16-6-7-19-17(12-16)20(24-13-15-4-2-1-3-5-15)18(14-23-19)21(26)25-8-10-27-11-9-25/h1-7,12,14H,8-11,13H2,(H,23,24). The largest absolute Gasteiger partial charge is 0.380 e. The lowest BCUT2D eigenvalue weighted by Crippen LogP contribution is -2.41. The molecule has 3 aromatic rings. The van der Waals surface area contributed by atoms with Crippen LogP contribution in [0.1, 0.15) is 15.9 Å². The molecule has 1 fully saturated rings. The van der Waals surface area contributed by atoms with E-state index in [4.69, 9.17) is 16.3 Å². The van der Waals surface area contributed by atoms with Gasteiger partial charge in [-0.1, -0.05) is 41.9 Å². The van der Waals surface area contributed by atoms with Gasteiger partial charge in [0.1, 0.15) is 0 Å². The number of hydrogen-bond donors (Lipinski definition) is 1. The van der Waals surface area contributed by atoms with Crippen molar-refractivity contribution in [1.29, 1.82) is 0 Å². The summed E-state index contributed by atoms with van der Waals surface area (Å²) in [5.74, 6) is -0.0387. The van der Waals surface area contributed by atoms with Crippen molar-refractivity contribution in [3.63, 3.8) is 0 Å². The monoisotopic (exact) mass is 381 g/mol. The molecule has 1 aliphatic heterocycles. The number of nitrogens with one attached hydrogen (secondary N) is 1. The van der Waals surface area contributed by atoms with Gasteiger partial charge >= 0.3 is 0 Å². The second-order valence-corrected chi connectivity index (χ2v) is 6.89. The van der Waals surface area contributed by atoms with E-state index in [1.165, 1.54) is 0 Å². The van der Waals surface area contributed by atoms with Gasteiger partial charge in [0.15, 0.2) is 0 Å². The molecular weight excluding hydrogens is 362 g/mol. The number of benzene rings is 2. The zero-order valence-electron chi connectivity index (χ0n) is 14.8. The first kappa shape index (κ1) is 17.8. The van der Waals surface area contributed by atoms with E-state index in [0.717, 1.165) is 22.2 Å². The van der Waals surface area contributed by atoms with Gasteiger partial charge in [-0.05, 0) is 23.8 Å². The Balaban J connectivity index is 1.73. The number of anilines is 1. The van der Waals surface area contributed by atoms with Gasteiger partial charge in [-0.3, -0.25) is 9.78 Å². The van der Waals surface area contributed by atoms with Crippen LogP contribution in [0.25, 0.3) is 10.9 Å². The molecule has 6 heteroatoms. The Bertz CT molecular complexity index is 956. The van der Waals surface area contributed by atoms with Gasteiger partial charge in [-0.25, -0.2) is 0 Å². The van der Waals surface area contributed by atoms with Crippen LogP contribution in [0.4, 0.5) is 5.69 Å². The minimum absolute atomic E-state index is 0.0387. The molecule has 0 bridgehead atoms. The molecule has 0 saturated carbocycles. The average Bonchev–Trinajstić information content (AvgIpc) is 2.72. The molecule has 1 saturated heterocycles. The minimum Gasteiger partial charge on any atom is -0.380 e. The summed E-state index contributed by atoms with van der Waals surface area (Å²) < 4.78 is 5.36. The molecule has 1 amide bonds. The fourth-order valence-electron chi connectivity index (χ4n) is 3.24. The van der Waals surface area contributed by atoms with E-state index in [1.54, 1.807) is 12.3 Å². The summed E-state index contributed by atoms with van der Waals surface area (Å²) in [5, 5.41) is 4.90. The molecule has 4 rings (SSSR count). The molecule has 0 aliphatic carbocycles. The predicted octanol–water partition coefficient (Wildman–Crippen LogP) is 3.97. The Morgan fingerprint density at radius 2 is 1.93 bits per heavy atom. The molecule has 0 spiro atoms. The highest BCUT2D eigenvalue weighted by Crippen LogP contribution is 2.30. The van der Waals surface area contributed by atoms with Gasteiger partial charge in [-0.15, -0.1) is 0 Å². The van der Waals surface area contributed by atoms with E-state index >= 15 is 0 Å². The first-order valence-electron chi connectivity index (χ1n) is 8.95. The molecule has 2 aromatic carbocycles. The third-order valence-corrected chi connectivity index (χ3v) is 4.91. The lowest BCUT2D eigenvalue weighted by molar-refractivity contribution is 0.0303. The van der Waals surface area contributed by atoms with Gasteiger partial charge in [0.2, 0.25) is 0 Å². The first-order valence-corrected chi connectivity index (χ1v) is 9.33. The summed E-state index contributed by atoms with van der Waals surface area (Å²) in [4.78, 5) is 19.4. The minimum atomic E-state index is -0.0387. The number of fused-ring (bicyclic) bond motifs is 1. The van der Waals surface area contributed by atoms with Crippen molar-refractivity contribution in [1.82, 2.24) is 9.88 Å². The fraction of sp³-hybridized carbons (Fsp3) is 0.238. The summed E-state index contributed by atoms with van der Waals surface area (Å²) in [6.45, 7) is 2.90. The van der Waals surface area contributed by atoms with Crippen molar-refractivity contribution in [3.05, 3.63) is 70.9 Å². The molecule has 138 valence electrons. The lowest BCUT2D eigenvalue weighted by Gasteiger charge is -2.28. The Morgan fingerprint density at radius 3 is 2.70 bits per heavy atom. The van der Waals surface area contributed by atoms with Crippen LogP contribution < -0.4 is 5.32 Å². The summed E-state index contributed by atoms with van der Waals surface area (Å²) in [5.41, 5.74) is 3.26. The molecule has 0 radical (unpaired) electrons. The summed E-state index contributed by atoms with van der Waals surface area (Å²) in [7, 11) is 0. The molecule has 27 heavy (non-hydrogen) atoms. The second kappa shape index (κ2) is 7.94. The predicted molar refractivity (Wildman–Crippen MR) is 107 cm³/mol. The van der Waals surface area contributed by atoms with Crippen molar-refractivity contribution in [3.8, 4) is 0 Å². The number of carbonyl (C=O) groups excluding carboxylic acids is 1. The van der Waals surface area contributed by atoms with Crippen LogP contribution in [-0.2, 0) is 11.3 Å². The maximum atomic E-state index is 13.1. The number of hydrogen-bond acceptors (Lipinski definition) is 4. The van der Waals surface area contributed by atoms with Gasteiger partial charge in [0.05, 0.1) is 30.0 Å². The van der Waals surface area contributed by atoms with Gasteiger partial charge in [0, 0.05) is 36.2 Å². The third kappa shape index (κ3) is 3.89. The third-order valence-electron chi connectivity index (χ3n) is 4.67. The highest BCUT2D eigenvalue weighted by Gasteiger charge is 2.23. The first-order chi connectivity index (χ1) is 13.2. The molecular formula is C21H20ClN3O2. The summed E-state index contributed by atoms with van der Waals surface area (Å²) in [6, 6.07) is 15.6. The molecule has 0 atom stereocenters. The SMILES string of the molecule is O=C(c1cnc2ccc(Cl)cc2c1NCc1ccccc1)N1CCOCC1. The number of nitrogens with zero attached hydrogens (tertiary/aromatic N) is 2. The zero-order valence-corrected chi connectivity index (χ0v) is 15.6. The van der Waals surface area contributed by atoms with Crippen LogP contribution in [-0.4, -0.2) is 42.1 Å². The number of aromatic nitrogens is 1. The molecule has 2 heterocycles. The van der Waals surface area contributed by atoms with Crippen LogP contribution in [0.2, 0.25) is 5.02 Å². The number of amides is 1. The highest BCUT2D eigenvalue weighted by molar-refractivity contribution is 6.31. The van der Waals surface area contributed by atoms with Crippen molar-refractivity contribution in [2.75, 3.05) is 31.6 Å². The van der Waals surface area contributed by atoms with Gasteiger partial charge in [-0.2, -0.15) is 0 Å². The van der Waals surface area contributed by atoms with Crippen LogP contribution in [0.3, 0.4) is 0 Å². The maximum absolute atomic E-state index is 13.1. The van der Waals surface area contributed by atoms with E-state index in [9.17, 15) is 4.79 Å². The van der Waals surface area contributed by atoms with E-state index in [1.807, 2.05) is 47.4 Å². The van der Waals surface area contributed by atoms with Crippen molar-refractivity contribution in [2.45, 2.75) is 6.54 Å². The van der Waals surface area contributed by atoms with Crippen LogP contribution in [0.5, 0.6) is 0 Å². The van der Waals surface area contributed by atoms with Gasteiger partial charge < -0.3 is 15.0 Å². The van der Waals surface area contributed by atoms with Crippen molar-refractivity contribution < 1.29 is 9.53 Å². The lowest BCUT2D eigenvalue weighted by atomic mass is 10.1. The number of morpholine rings is 1. The van der Waals surface area contributed by atoms with Gasteiger partial charge in [0.25, 0.3) is 5.91 Å². The van der Waals surface area contributed by atoms with Crippen molar-refractivity contribution >= 4 is 34.1 Å².